The fraction of sp³-hybridized carbons (Fsp3) is 0.333. The Morgan fingerprint density at radius 3 is 2.71 bits per heavy atom. The third kappa shape index (κ3) is 4.15. The first-order valence-corrected chi connectivity index (χ1v) is 7.42. The highest BCUT2D eigenvalue weighted by molar-refractivity contribution is 9.10. The Morgan fingerprint density at radius 2 is 2.05 bits per heavy atom. The Morgan fingerprint density at radius 1 is 1.29 bits per heavy atom. The van der Waals surface area contributed by atoms with Gasteiger partial charge < -0.3 is 15.0 Å². The van der Waals surface area contributed by atoms with Gasteiger partial charge in [0.25, 0.3) is 0 Å². The minimum atomic E-state index is 0.394. The van der Waals surface area contributed by atoms with Crippen LogP contribution < -0.4 is 10.2 Å². The highest BCUT2D eigenvalue weighted by Gasteiger charge is 2.10. The molecule has 1 aromatic heterocycles. The first-order chi connectivity index (χ1) is 10.1. The van der Waals surface area contributed by atoms with Crippen molar-refractivity contribution in [2.24, 2.45) is 0 Å². The predicted octanol–water partition coefficient (Wildman–Crippen LogP) is 3.06. The minimum Gasteiger partial charge on any atom is -0.377 e. The predicted molar refractivity (Wildman–Crippen MR) is 88.5 cm³/mol. The van der Waals surface area contributed by atoms with E-state index in [0.717, 1.165) is 22.7 Å². The quantitative estimate of drug-likeness (QED) is 0.867. The number of hydrogen-bond acceptors (Lipinski definition) is 5. The van der Waals surface area contributed by atoms with Gasteiger partial charge in [-0.3, -0.25) is 0 Å². The molecule has 0 bridgehead atoms. The average molecular weight is 351 g/mol. The van der Waals surface area contributed by atoms with Gasteiger partial charge in [0.05, 0.1) is 0 Å². The summed E-state index contributed by atoms with van der Waals surface area (Å²) in [5.41, 5.74) is 1.21. The van der Waals surface area contributed by atoms with E-state index >= 15 is 0 Å². The lowest BCUT2D eigenvalue weighted by Gasteiger charge is -2.20. The summed E-state index contributed by atoms with van der Waals surface area (Å²) in [4.78, 5) is 11.0. The van der Waals surface area contributed by atoms with Gasteiger partial charge in [-0.1, -0.05) is 34.1 Å². The summed E-state index contributed by atoms with van der Waals surface area (Å²) in [6, 6.07) is 10.1. The van der Waals surface area contributed by atoms with Gasteiger partial charge in [0.2, 0.25) is 0 Å². The second-order valence-corrected chi connectivity index (χ2v) is 5.51. The molecular formula is C15H19BrN4O. The molecule has 21 heavy (non-hydrogen) atoms. The van der Waals surface area contributed by atoms with Crippen LogP contribution in [-0.2, 0) is 17.9 Å². The molecule has 1 aromatic carbocycles. The number of benzene rings is 1. The molecule has 1 heterocycles. The highest BCUT2D eigenvalue weighted by atomic mass is 79.9. The molecule has 0 saturated heterocycles. The summed E-state index contributed by atoms with van der Waals surface area (Å²) in [5, 5.41) is 3.05. The van der Waals surface area contributed by atoms with E-state index in [1.54, 1.807) is 7.11 Å². The van der Waals surface area contributed by atoms with Crippen LogP contribution >= 0.6 is 15.9 Å². The van der Waals surface area contributed by atoms with Gasteiger partial charge in [-0.15, -0.1) is 0 Å². The van der Waals surface area contributed by atoms with Crippen molar-refractivity contribution in [3.63, 3.8) is 0 Å². The van der Waals surface area contributed by atoms with Crippen LogP contribution in [0.1, 0.15) is 11.4 Å². The monoisotopic (exact) mass is 350 g/mol. The third-order valence-electron chi connectivity index (χ3n) is 3.04. The Bertz CT molecular complexity index is 606. The zero-order chi connectivity index (χ0) is 15.2. The molecule has 0 spiro atoms. The van der Waals surface area contributed by atoms with Crippen LogP contribution in [0, 0.1) is 0 Å². The molecule has 0 aliphatic rings. The number of nitrogens with one attached hydrogen (secondary N) is 1. The summed E-state index contributed by atoms with van der Waals surface area (Å²) in [5.74, 6) is 2.31. The molecule has 0 atom stereocenters. The molecule has 0 amide bonds. The Hall–Kier alpha value is -1.66. The lowest BCUT2D eigenvalue weighted by molar-refractivity contribution is 0.178. The van der Waals surface area contributed by atoms with Crippen LogP contribution in [-0.4, -0.2) is 31.2 Å². The number of hydrogen-bond donors (Lipinski definition) is 1. The zero-order valence-corrected chi connectivity index (χ0v) is 14.0. The van der Waals surface area contributed by atoms with Crippen LogP contribution in [0.4, 0.5) is 11.6 Å². The average Bonchev–Trinajstić information content (AvgIpc) is 2.49. The van der Waals surface area contributed by atoms with E-state index in [1.807, 2.05) is 38.4 Å². The summed E-state index contributed by atoms with van der Waals surface area (Å²) < 4.78 is 6.22. The maximum atomic E-state index is 5.12. The van der Waals surface area contributed by atoms with Gasteiger partial charge in [0, 0.05) is 38.3 Å². The van der Waals surface area contributed by atoms with Crippen LogP contribution in [0.15, 0.2) is 34.8 Å². The topological polar surface area (TPSA) is 50.3 Å². The zero-order valence-electron chi connectivity index (χ0n) is 12.4. The molecule has 2 rings (SSSR count). The molecular weight excluding hydrogens is 332 g/mol. The number of methoxy groups -OCH3 is 1. The number of aromatic nitrogens is 2. The SMILES string of the molecule is CNc1cc(N(C)Cc2ccccc2Br)nc(COC)n1. The molecule has 0 fully saturated rings. The van der Waals surface area contributed by atoms with Crippen molar-refractivity contribution in [2.45, 2.75) is 13.2 Å². The Labute approximate surface area is 133 Å². The van der Waals surface area contributed by atoms with Crippen LogP contribution in [0.5, 0.6) is 0 Å². The number of anilines is 2. The van der Waals surface area contributed by atoms with Crippen molar-refractivity contribution < 1.29 is 4.74 Å². The normalized spacial score (nSPS) is 10.5. The fourth-order valence-electron chi connectivity index (χ4n) is 1.96. The van der Waals surface area contributed by atoms with Crippen LogP contribution in [0.25, 0.3) is 0 Å². The molecule has 5 nitrogen and oxygen atoms in total. The maximum Gasteiger partial charge on any atom is 0.158 e. The van der Waals surface area contributed by atoms with Crippen molar-refractivity contribution >= 4 is 27.6 Å². The second-order valence-electron chi connectivity index (χ2n) is 4.66. The van der Waals surface area contributed by atoms with Gasteiger partial charge in [0.1, 0.15) is 18.2 Å². The second kappa shape index (κ2) is 7.38. The third-order valence-corrected chi connectivity index (χ3v) is 3.82. The molecule has 0 aliphatic heterocycles. The van der Waals surface area contributed by atoms with Gasteiger partial charge in [-0.25, -0.2) is 9.97 Å². The summed E-state index contributed by atoms with van der Waals surface area (Å²) in [6.45, 7) is 1.15. The van der Waals surface area contributed by atoms with E-state index in [0.29, 0.717) is 12.4 Å². The molecule has 2 aromatic rings. The molecule has 0 unspecified atom stereocenters. The van der Waals surface area contributed by atoms with Crippen molar-refractivity contribution in [1.82, 2.24) is 9.97 Å². The van der Waals surface area contributed by atoms with E-state index in [2.05, 4.69) is 42.2 Å². The molecule has 1 N–H and O–H groups in total. The van der Waals surface area contributed by atoms with E-state index in [4.69, 9.17) is 4.74 Å². The smallest absolute Gasteiger partial charge is 0.158 e. The largest absolute Gasteiger partial charge is 0.377 e. The van der Waals surface area contributed by atoms with E-state index in [-0.39, 0.29) is 0 Å². The van der Waals surface area contributed by atoms with Crippen LogP contribution in [0.2, 0.25) is 0 Å². The number of rotatable bonds is 6. The van der Waals surface area contributed by atoms with Gasteiger partial charge >= 0.3 is 0 Å². The number of nitrogens with zero attached hydrogens (tertiary/aromatic N) is 3. The van der Waals surface area contributed by atoms with E-state index in [1.165, 1.54) is 5.56 Å². The number of ether oxygens (including phenoxy) is 1. The molecule has 112 valence electrons. The van der Waals surface area contributed by atoms with Crippen molar-refractivity contribution in [2.75, 3.05) is 31.4 Å². The van der Waals surface area contributed by atoms with Crippen molar-refractivity contribution in [1.29, 1.82) is 0 Å². The fourth-order valence-corrected chi connectivity index (χ4v) is 2.37. The standard InChI is InChI=1S/C15H19BrN4O/c1-17-13-8-15(19-14(18-13)10-21-3)20(2)9-11-6-4-5-7-12(11)16/h4-8H,9-10H2,1-3H3,(H,17,18,19). The summed E-state index contributed by atoms with van der Waals surface area (Å²) in [7, 11) is 5.49. The minimum absolute atomic E-state index is 0.394. The van der Waals surface area contributed by atoms with E-state index in [9.17, 15) is 0 Å². The first-order valence-electron chi connectivity index (χ1n) is 6.63. The van der Waals surface area contributed by atoms with Crippen molar-refractivity contribution in [3.8, 4) is 0 Å². The lowest BCUT2D eigenvalue weighted by atomic mass is 10.2. The first kappa shape index (κ1) is 15.7. The van der Waals surface area contributed by atoms with E-state index < -0.39 is 0 Å². The van der Waals surface area contributed by atoms with Gasteiger partial charge in [-0.2, -0.15) is 0 Å². The molecule has 0 saturated carbocycles. The maximum absolute atomic E-state index is 5.12. The summed E-state index contributed by atoms with van der Waals surface area (Å²) in [6.07, 6.45) is 0. The lowest BCUT2D eigenvalue weighted by Crippen LogP contribution is -2.19. The molecule has 6 heteroatoms. The van der Waals surface area contributed by atoms with Gasteiger partial charge in [-0.05, 0) is 11.6 Å². The van der Waals surface area contributed by atoms with Crippen LogP contribution in [0.3, 0.4) is 0 Å². The number of halogens is 1. The molecule has 0 radical (unpaired) electrons. The molecule has 0 aliphatic carbocycles. The van der Waals surface area contributed by atoms with Crippen molar-refractivity contribution in [3.05, 3.63) is 46.2 Å². The highest BCUT2D eigenvalue weighted by Crippen LogP contribution is 2.21. The Balaban J connectivity index is 2.23. The Kier molecular flexibility index (Phi) is 5.52. The summed E-state index contributed by atoms with van der Waals surface area (Å²) >= 11 is 3.57. The van der Waals surface area contributed by atoms with Gasteiger partial charge in [0.15, 0.2) is 5.82 Å².